The van der Waals surface area contributed by atoms with E-state index in [0.29, 0.717) is 44.3 Å². The number of rotatable bonds is 10. The molecule has 2 N–H and O–H groups in total. The molecule has 1 aliphatic carbocycles. The molecule has 302 valence electrons. The number of urea groups is 1. The van der Waals surface area contributed by atoms with E-state index in [4.69, 9.17) is 23.8 Å². The molecule has 1 saturated carbocycles. The predicted molar refractivity (Wildman–Crippen MR) is 224 cm³/mol. The Morgan fingerprint density at radius 1 is 1.09 bits per heavy atom. The molecule has 4 fully saturated rings. The van der Waals surface area contributed by atoms with E-state index in [1.165, 1.54) is 4.90 Å². The molecule has 14 nitrogen and oxygen atoms in total. The molecule has 57 heavy (non-hydrogen) atoms. The summed E-state index contributed by atoms with van der Waals surface area (Å²) in [5, 5.41) is 20.9. The van der Waals surface area contributed by atoms with Crippen molar-refractivity contribution in [1.82, 2.24) is 29.8 Å². The molecule has 5 amide bonds. The Balaban J connectivity index is 0.876. The molecule has 0 unspecified atom stereocenters. The zero-order chi connectivity index (χ0) is 40.8. The second-order valence-electron chi connectivity index (χ2n) is 16.5. The van der Waals surface area contributed by atoms with Crippen LogP contribution in [-0.2, 0) is 21.4 Å². The van der Waals surface area contributed by atoms with Gasteiger partial charge in [-0.1, -0.05) is 17.7 Å². The Morgan fingerprint density at radius 3 is 2.47 bits per heavy atom. The molecule has 3 aromatic rings. The lowest BCUT2D eigenvalue weighted by atomic mass is 9.82. The molecule has 0 spiro atoms. The Labute approximate surface area is 344 Å². The van der Waals surface area contributed by atoms with Crippen molar-refractivity contribution in [3.63, 3.8) is 0 Å². The van der Waals surface area contributed by atoms with E-state index in [0.717, 1.165) is 63.5 Å². The zero-order valence-electron chi connectivity index (χ0n) is 33.3. The average Bonchev–Trinajstić information content (AvgIpc) is 3.58. The summed E-state index contributed by atoms with van der Waals surface area (Å²) in [7, 11) is 1.78. The Morgan fingerprint density at radius 2 is 1.81 bits per heavy atom. The Kier molecular flexibility index (Phi) is 11.6. The Hall–Kier alpha value is -4.62. The minimum Gasteiger partial charge on any atom is -0.331 e. The van der Waals surface area contributed by atoms with Crippen LogP contribution in [0.2, 0.25) is 5.02 Å². The maximum atomic E-state index is 13.7. The smallest absolute Gasteiger partial charge is 0.329 e. The number of benzene rings is 2. The number of carbonyl (C=O) groups excluding carboxylic acids is 4. The minimum atomic E-state index is -0.777. The number of carbonyl (C=O) groups is 4. The second-order valence-corrected chi connectivity index (χ2v) is 17.3. The summed E-state index contributed by atoms with van der Waals surface area (Å²) in [6.45, 7) is 11.6. The highest BCUT2D eigenvalue weighted by molar-refractivity contribution is 7.80. The molecular formula is C41H51ClN10O4S. The summed E-state index contributed by atoms with van der Waals surface area (Å²) in [5.41, 5.74) is 1.50. The highest BCUT2D eigenvalue weighted by Crippen LogP contribution is 2.40. The molecule has 7 rings (SSSR count). The first-order valence-corrected chi connectivity index (χ1v) is 20.7. The maximum absolute atomic E-state index is 13.7. The van der Waals surface area contributed by atoms with Gasteiger partial charge >= 0.3 is 6.03 Å². The third-order valence-electron chi connectivity index (χ3n) is 12.3. The van der Waals surface area contributed by atoms with Crippen molar-refractivity contribution in [3.8, 4) is 6.07 Å². The molecule has 1 aromatic heterocycles. The van der Waals surface area contributed by atoms with Gasteiger partial charge in [0.15, 0.2) is 10.9 Å². The number of para-hydroxylation sites is 1. The number of halogens is 1. The normalized spacial score (nSPS) is 24.6. The summed E-state index contributed by atoms with van der Waals surface area (Å²) in [5.74, 6) is 0.587. The van der Waals surface area contributed by atoms with Crippen LogP contribution in [0.15, 0.2) is 36.4 Å². The number of piperazine rings is 1. The summed E-state index contributed by atoms with van der Waals surface area (Å²) < 4.78 is 1.66. The van der Waals surface area contributed by atoms with Crippen molar-refractivity contribution in [3.05, 3.63) is 47.0 Å². The molecular weight excluding hydrogens is 764 g/mol. The molecule has 4 aliphatic rings. The van der Waals surface area contributed by atoms with Gasteiger partial charge in [-0.05, 0) is 121 Å². The monoisotopic (exact) mass is 814 g/mol. The van der Waals surface area contributed by atoms with Crippen LogP contribution in [0.1, 0.15) is 78.2 Å². The first kappa shape index (κ1) is 40.6. The van der Waals surface area contributed by atoms with Gasteiger partial charge in [-0.3, -0.25) is 39.1 Å². The van der Waals surface area contributed by atoms with Gasteiger partial charge in [0.05, 0.1) is 34.0 Å². The van der Waals surface area contributed by atoms with Crippen molar-refractivity contribution >= 4 is 80.8 Å². The number of hydrogen-bond donors (Lipinski definition) is 2. The number of nitrogens with zero attached hydrogens (tertiary/aromatic N) is 8. The van der Waals surface area contributed by atoms with Crippen LogP contribution in [0.25, 0.3) is 10.9 Å². The number of thiocarbonyl (C=S) groups is 1. The van der Waals surface area contributed by atoms with Crippen molar-refractivity contribution in [2.24, 2.45) is 13.0 Å². The average molecular weight is 815 g/mol. The summed E-state index contributed by atoms with van der Waals surface area (Å²) >= 11 is 12.2. The summed E-state index contributed by atoms with van der Waals surface area (Å²) in [6, 6.07) is 12.7. The standard InChI is InChI=1S/C41H51ClN10O4S/c1-25-22-48(18-7-8-27-11-14-29(15-12-27)52-40(57)51(38(55)41(52,3)4)30-16-13-28(21-43)32(42)20-30)23-26(2)50(25)24-35(54)44-33-10-6-9-31-36(33)47(5)46-37(31)49-19-17-34(53)45-39(49)56/h6,9-10,13,16,20,25-27,29H,7-8,11-12,14-15,17-19,22-24H2,1-5H3,(H,44,54)(H,45,53,56)/t25-,26+,27-,29-. The summed E-state index contributed by atoms with van der Waals surface area (Å²) in [4.78, 5) is 61.4. The van der Waals surface area contributed by atoms with Gasteiger partial charge in [-0.25, -0.2) is 4.79 Å². The van der Waals surface area contributed by atoms with Crippen LogP contribution in [0, 0.1) is 17.2 Å². The largest absolute Gasteiger partial charge is 0.331 e. The fourth-order valence-electron chi connectivity index (χ4n) is 9.38. The van der Waals surface area contributed by atoms with Crippen LogP contribution >= 0.6 is 23.8 Å². The molecule has 4 heterocycles. The second kappa shape index (κ2) is 16.3. The number of nitriles is 1. The molecule has 3 aliphatic heterocycles. The van der Waals surface area contributed by atoms with E-state index in [1.807, 2.05) is 32.0 Å². The Bertz CT molecular complexity index is 2130. The number of aryl methyl sites for hydroxylation is 1. The lowest BCUT2D eigenvalue weighted by Gasteiger charge is -2.44. The van der Waals surface area contributed by atoms with Crippen molar-refractivity contribution in [1.29, 1.82) is 5.26 Å². The van der Waals surface area contributed by atoms with Gasteiger partial charge in [0, 0.05) is 56.6 Å². The fraction of sp³-hybridized carbons (Fsp3) is 0.537. The van der Waals surface area contributed by atoms with Gasteiger partial charge in [0.1, 0.15) is 11.6 Å². The number of anilines is 3. The summed E-state index contributed by atoms with van der Waals surface area (Å²) in [6.07, 6.45) is 6.61. The van der Waals surface area contributed by atoms with Crippen LogP contribution in [0.3, 0.4) is 0 Å². The van der Waals surface area contributed by atoms with Crippen LogP contribution in [-0.4, -0.2) is 110 Å². The number of amides is 5. The van der Waals surface area contributed by atoms with Crippen molar-refractivity contribution in [2.75, 3.05) is 47.8 Å². The van der Waals surface area contributed by atoms with Crippen molar-refractivity contribution < 1.29 is 19.2 Å². The van der Waals surface area contributed by atoms with Crippen molar-refractivity contribution in [2.45, 2.75) is 96.3 Å². The van der Waals surface area contributed by atoms with E-state index in [9.17, 15) is 24.4 Å². The predicted octanol–water partition coefficient (Wildman–Crippen LogP) is 5.63. The highest BCUT2D eigenvalue weighted by atomic mass is 35.5. The van der Waals surface area contributed by atoms with Gasteiger partial charge in [0.2, 0.25) is 11.8 Å². The number of aromatic nitrogens is 2. The molecule has 0 radical (unpaired) electrons. The van der Waals surface area contributed by atoms with E-state index in [-0.39, 0.29) is 55.4 Å². The van der Waals surface area contributed by atoms with E-state index in [1.54, 1.807) is 34.8 Å². The fourth-order valence-corrected chi connectivity index (χ4v) is 10.2. The highest BCUT2D eigenvalue weighted by Gasteiger charge is 2.52. The number of hydrogen-bond acceptors (Lipinski definition) is 9. The number of imide groups is 1. The molecule has 2 atom stereocenters. The van der Waals surface area contributed by atoms with Crippen LogP contribution in [0.4, 0.5) is 22.0 Å². The first-order valence-electron chi connectivity index (χ1n) is 19.9. The quantitative estimate of drug-likeness (QED) is 0.247. The van der Waals surface area contributed by atoms with E-state index in [2.05, 4.69) is 50.3 Å². The SMILES string of the molecule is C[C@@H]1CN(CCC[C@H]2CC[C@H](N3C(=S)N(c4ccc(C#N)c(Cl)c4)C(=O)C3(C)C)CC2)C[C@H](C)N1CC(=O)Nc1cccc2c(N3CCC(=O)NC3=O)nn(C)c12. The minimum absolute atomic E-state index is 0.0810. The zero-order valence-corrected chi connectivity index (χ0v) is 34.8. The maximum Gasteiger partial charge on any atom is 0.329 e. The lowest BCUT2D eigenvalue weighted by Crippen LogP contribution is -2.58. The molecule has 0 bridgehead atoms. The van der Waals surface area contributed by atoms with E-state index >= 15 is 0 Å². The first-order chi connectivity index (χ1) is 27.2. The third-order valence-corrected chi connectivity index (χ3v) is 12.9. The van der Waals surface area contributed by atoms with Gasteiger partial charge in [-0.15, -0.1) is 0 Å². The molecule has 3 saturated heterocycles. The molecule has 2 aromatic carbocycles. The third kappa shape index (κ3) is 7.97. The molecule has 16 heteroatoms. The van der Waals surface area contributed by atoms with Gasteiger partial charge in [0.25, 0.3) is 5.91 Å². The number of fused-ring (bicyclic) bond motifs is 1. The van der Waals surface area contributed by atoms with Crippen LogP contribution in [0.5, 0.6) is 0 Å². The van der Waals surface area contributed by atoms with Crippen LogP contribution < -0.4 is 20.4 Å². The number of nitrogens with one attached hydrogen (secondary N) is 2. The van der Waals surface area contributed by atoms with Gasteiger partial charge in [-0.2, -0.15) is 10.4 Å². The lowest BCUT2D eigenvalue weighted by molar-refractivity contribution is -0.124. The van der Waals surface area contributed by atoms with Gasteiger partial charge < -0.3 is 15.1 Å². The topological polar surface area (TPSA) is 150 Å². The van der Waals surface area contributed by atoms with E-state index < -0.39 is 11.6 Å².